The number of aryl methyl sites for hydroxylation is 1. The number of aromatic nitrogens is 1. The number of urea groups is 1. The Morgan fingerprint density at radius 1 is 1.50 bits per heavy atom. The van der Waals surface area contributed by atoms with E-state index in [2.05, 4.69) is 15.6 Å². The number of carbonyl (C=O) groups excluding carboxylic acids is 1. The first-order valence-corrected chi connectivity index (χ1v) is 5.35. The number of carbonyl (C=O) groups is 2. The Balaban J connectivity index is 2.22. The summed E-state index contributed by atoms with van der Waals surface area (Å²) in [6.07, 6.45) is 1.64. The minimum Gasteiger partial charge on any atom is -0.480 e. The number of amides is 2. The Hall–Kier alpha value is -2.15. The molecule has 1 aromatic rings. The van der Waals surface area contributed by atoms with Gasteiger partial charge in [0.2, 0.25) is 0 Å². The minimum atomic E-state index is -1.04. The molecule has 0 saturated carbocycles. The van der Waals surface area contributed by atoms with Gasteiger partial charge in [-0.1, -0.05) is 0 Å². The average molecular weight is 253 g/mol. The first-order valence-electron chi connectivity index (χ1n) is 5.35. The summed E-state index contributed by atoms with van der Waals surface area (Å²) in [5, 5.41) is 13.5. The van der Waals surface area contributed by atoms with E-state index < -0.39 is 5.97 Å². The maximum atomic E-state index is 11.4. The fraction of sp³-hybridized carbons (Fsp3) is 0.364. The lowest BCUT2D eigenvalue weighted by Gasteiger charge is -2.08. The summed E-state index contributed by atoms with van der Waals surface area (Å²) < 4.78 is 4.77. The van der Waals surface area contributed by atoms with Gasteiger partial charge >= 0.3 is 12.0 Å². The summed E-state index contributed by atoms with van der Waals surface area (Å²) in [4.78, 5) is 25.6. The van der Waals surface area contributed by atoms with Crippen molar-refractivity contribution in [2.45, 2.75) is 6.92 Å². The quantitative estimate of drug-likeness (QED) is 0.645. The fourth-order valence-electron chi connectivity index (χ4n) is 1.18. The van der Waals surface area contributed by atoms with Gasteiger partial charge in [-0.15, -0.1) is 0 Å². The number of anilines is 1. The lowest BCUT2D eigenvalue weighted by Crippen LogP contribution is -2.32. The van der Waals surface area contributed by atoms with Crippen LogP contribution in [0.4, 0.5) is 10.5 Å². The molecular weight excluding hydrogens is 238 g/mol. The van der Waals surface area contributed by atoms with Crippen LogP contribution in [0, 0.1) is 6.92 Å². The van der Waals surface area contributed by atoms with Crippen LogP contribution in [0.2, 0.25) is 0 Å². The second-order valence-corrected chi connectivity index (χ2v) is 3.46. The Bertz CT molecular complexity index is 423. The van der Waals surface area contributed by atoms with Gasteiger partial charge in [-0.05, 0) is 19.1 Å². The lowest BCUT2D eigenvalue weighted by molar-refractivity contribution is -0.142. The van der Waals surface area contributed by atoms with E-state index in [-0.39, 0.29) is 25.8 Å². The van der Waals surface area contributed by atoms with Crippen LogP contribution >= 0.6 is 0 Å². The average Bonchev–Trinajstić information content (AvgIpc) is 2.31. The highest BCUT2D eigenvalue weighted by atomic mass is 16.5. The second-order valence-electron chi connectivity index (χ2n) is 3.46. The lowest BCUT2D eigenvalue weighted by atomic mass is 10.3. The van der Waals surface area contributed by atoms with Crippen molar-refractivity contribution in [3.8, 4) is 0 Å². The molecule has 0 radical (unpaired) electrons. The zero-order valence-electron chi connectivity index (χ0n) is 9.97. The highest BCUT2D eigenvalue weighted by molar-refractivity contribution is 5.89. The standard InChI is InChI=1S/C11H15N3O4/c1-8-9(3-2-4-12-8)14-11(17)13-5-6-18-7-10(15)16/h2-4H,5-7H2,1H3,(H,15,16)(H2,13,14,17). The van der Waals surface area contributed by atoms with Gasteiger partial charge < -0.3 is 20.5 Å². The number of nitrogens with one attached hydrogen (secondary N) is 2. The van der Waals surface area contributed by atoms with Crippen molar-refractivity contribution < 1.29 is 19.4 Å². The van der Waals surface area contributed by atoms with Gasteiger partial charge in [-0.25, -0.2) is 9.59 Å². The summed E-state index contributed by atoms with van der Waals surface area (Å²) >= 11 is 0. The van der Waals surface area contributed by atoms with Gasteiger partial charge in [0.25, 0.3) is 0 Å². The molecule has 7 heteroatoms. The molecule has 0 atom stereocenters. The van der Waals surface area contributed by atoms with Crippen LogP contribution in [0.3, 0.4) is 0 Å². The summed E-state index contributed by atoms with van der Waals surface area (Å²) in [6, 6.07) is 3.08. The molecular formula is C11H15N3O4. The predicted molar refractivity (Wildman–Crippen MR) is 64.5 cm³/mol. The van der Waals surface area contributed by atoms with E-state index in [1.807, 2.05) is 0 Å². The van der Waals surface area contributed by atoms with E-state index in [9.17, 15) is 9.59 Å². The molecule has 18 heavy (non-hydrogen) atoms. The first-order chi connectivity index (χ1) is 8.59. The molecule has 2 amide bonds. The molecule has 0 aromatic carbocycles. The van der Waals surface area contributed by atoms with Crippen LogP contribution in [0.1, 0.15) is 5.69 Å². The predicted octanol–water partition coefficient (Wildman–Crippen LogP) is 0.613. The first kappa shape index (κ1) is 13.9. The van der Waals surface area contributed by atoms with Gasteiger partial charge in [-0.3, -0.25) is 4.98 Å². The Morgan fingerprint density at radius 2 is 2.28 bits per heavy atom. The van der Waals surface area contributed by atoms with E-state index in [0.717, 1.165) is 5.69 Å². The highest BCUT2D eigenvalue weighted by Gasteiger charge is 2.03. The van der Waals surface area contributed by atoms with Crippen molar-refractivity contribution in [2.75, 3.05) is 25.1 Å². The molecule has 0 aliphatic carbocycles. The zero-order chi connectivity index (χ0) is 13.4. The third-order valence-electron chi connectivity index (χ3n) is 2.01. The number of nitrogens with zero attached hydrogens (tertiary/aromatic N) is 1. The maximum absolute atomic E-state index is 11.4. The number of carboxylic acid groups (broad SMARTS) is 1. The van der Waals surface area contributed by atoms with Gasteiger partial charge in [0.15, 0.2) is 0 Å². The summed E-state index contributed by atoms with van der Waals surface area (Å²) in [6.45, 7) is 1.79. The number of hydrogen-bond acceptors (Lipinski definition) is 4. The van der Waals surface area contributed by atoms with Crippen molar-refractivity contribution in [3.05, 3.63) is 24.0 Å². The van der Waals surface area contributed by atoms with Crippen LogP contribution in [0.5, 0.6) is 0 Å². The third-order valence-corrected chi connectivity index (χ3v) is 2.01. The van der Waals surface area contributed by atoms with Gasteiger partial charge in [0.1, 0.15) is 6.61 Å². The number of rotatable bonds is 6. The molecule has 0 aliphatic rings. The zero-order valence-corrected chi connectivity index (χ0v) is 9.97. The molecule has 98 valence electrons. The Labute approximate surface area is 104 Å². The monoisotopic (exact) mass is 253 g/mol. The van der Waals surface area contributed by atoms with Gasteiger partial charge in [0, 0.05) is 12.7 Å². The van der Waals surface area contributed by atoms with Crippen molar-refractivity contribution in [2.24, 2.45) is 0 Å². The van der Waals surface area contributed by atoms with E-state index in [4.69, 9.17) is 9.84 Å². The van der Waals surface area contributed by atoms with Crippen molar-refractivity contribution in [1.82, 2.24) is 10.3 Å². The van der Waals surface area contributed by atoms with Crippen molar-refractivity contribution in [3.63, 3.8) is 0 Å². The fourth-order valence-corrected chi connectivity index (χ4v) is 1.18. The molecule has 7 nitrogen and oxygen atoms in total. The van der Waals surface area contributed by atoms with E-state index in [0.29, 0.717) is 5.69 Å². The second kappa shape index (κ2) is 7.23. The number of ether oxygens (including phenoxy) is 1. The molecule has 0 bridgehead atoms. The van der Waals surface area contributed by atoms with E-state index in [1.165, 1.54) is 0 Å². The molecule has 1 aromatic heterocycles. The van der Waals surface area contributed by atoms with Crippen LogP contribution < -0.4 is 10.6 Å². The number of aliphatic carboxylic acids is 1. The SMILES string of the molecule is Cc1ncccc1NC(=O)NCCOCC(=O)O. The van der Waals surface area contributed by atoms with Crippen molar-refractivity contribution >= 4 is 17.7 Å². The largest absolute Gasteiger partial charge is 0.480 e. The third kappa shape index (κ3) is 5.26. The van der Waals surface area contributed by atoms with Crippen molar-refractivity contribution in [1.29, 1.82) is 0 Å². The molecule has 0 fully saturated rings. The molecule has 0 saturated heterocycles. The topological polar surface area (TPSA) is 101 Å². The molecule has 0 unspecified atom stereocenters. The Morgan fingerprint density at radius 3 is 2.94 bits per heavy atom. The van der Waals surface area contributed by atoms with E-state index >= 15 is 0 Å². The van der Waals surface area contributed by atoms with Crippen LogP contribution in [-0.2, 0) is 9.53 Å². The maximum Gasteiger partial charge on any atom is 0.329 e. The summed E-state index contributed by atoms with van der Waals surface area (Å²) in [5.41, 5.74) is 1.34. The molecule has 1 heterocycles. The highest BCUT2D eigenvalue weighted by Crippen LogP contribution is 2.09. The number of carboxylic acids is 1. The van der Waals surface area contributed by atoms with Crippen LogP contribution in [0.15, 0.2) is 18.3 Å². The Kier molecular flexibility index (Phi) is 5.59. The van der Waals surface area contributed by atoms with Gasteiger partial charge in [-0.2, -0.15) is 0 Å². The smallest absolute Gasteiger partial charge is 0.329 e. The molecule has 0 aliphatic heterocycles. The summed E-state index contributed by atoms with van der Waals surface area (Å²) in [5.74, 6) is -1.04. The number of pyridine rings is 1. The summed E-state index contributed by atoms with van der Waals surface area (Å²) in [7, 11) is 0. The number of hydrogen-bond donors (Lipinski definition) is 3. The van der Waals surface area contributed by atoms with Gasteiger partial charge in [0.05, 0.1) is 18.0 Å². The minimum absolute atomic E-state index is 0.145. The van der Waals surface area contributed by atoms with Crippen LogP contribution in [-0.4, -0.2) is 41.8 Å². The molecule has 0 spiro atoms. The van der Waals surface area contributed by atoms with Crippen LogP contribution in [0.25, 0.3) is 0 Å². The normalized spacial score (nSPS) is 9.83. The molecule has 3 N–H and O–H groups in total. The molecule has 1 rings (SSSR count). The van der Waals surface area contributed by atoms with E-state index in [1.54, 1.807) is 25.3 Å².